The largest absolute Gasteiger partial charge is 0.508 e. The molecule has 6 N–H and O–H groups in total. The predicted molar refractivity (Wildman–Crippen MR) is 122 cm³/mol. The first-order chi connectivity index (χ1) is 16.5. The van der Waals surface area contributed by atoms with Crippen LogP contribution in [0, 0.1) is 5.92 Å². The molecule has 5 rings (SSSR count). The third-order valence-electron chi connectivity index (χ3n) is 6.91. The van der Waals surface area contributed by atoms with Gasteiger partial charge in [-0.05, 0) is 36.1 Å². The molecule has 0 fully saturated rings. The molecule has 3 aromatic rings. The average molecular weight is 478 g/mol. The summed E-state index contributed by atoms with van der Waals surface area (Å²) in [6, 6.07) is 6.23. The SMILES string of the molecule is CC(C)c1cc(-c2ccc(O)c3c(O)c4c(cc23)CC2CC(=O)C(C(N)=O)=C(O)[C@@]2(O)C4=O)on1. The first-order valence-corrected chi connectivity index (χ1v) is 11.0. The van der Waals surface area contributed by atoms with Crippen molar-refractivity contribution in [3.63, 3.8) is 0 Å². The number of amides is 1. The van der Waals surface area contributed by atoms with Crippen molar-refractivity contribution in [1.82, 2.24) is 5.16 Å². The number of nitrogens with two attached hydrogens (primary N) is 1. The van der Waals surface area contributed by atoms with Gasteiger partial charge in [0, 0.05) is 29.4 Å². The van der Waals surface area contributed by atoms with Crippen LogP contribution in [0.4, 0.5) is 0 Å². The van der Waals surface area contributed by atoms with Crippen LogP contribution >= 0.6 is 0 Å². The van der Waals surface area contributed by atoms with Gasteiger partial charge in [-0.1, -0.05) is 19.0 Å². The Kier molecular flexibility index (Phi) is 4.78. The van der Waals surface area contributed by atoms with Crippen molar-refractivity contribution in [3.05, 3.63) is 52.4 Å². The van der Waals surface area contributed by atoms with E-state index in [0.29, 0.717) is 28.0 Å². The summed E-state index contributed by atoms with van der Waals surface area (Å²) < 4.78 is 5.48. The molecule has 0 radical (unpaired) electrons. The molecule has 1 unspecified atom stereocenters. The van der Waals surface area contributed by atoms with Crippen LogP contribution in [0.5, 0.6) is 11.5 Å². The van der Waals surface area contributed by atoms with Gasteiger partial charge >= 0.3 is 0 Å². The second-order valence-corrected chi connectivity index (χ2v) is 9.30. The number of ketones is 2. The lowest BCUT2D eigenvalue weighted by Crippen LogP contribution is -2.56. The van der Waals surface area contributed by atoms with Gasteiger partial charge in [-0.3, -0.25) is 14.4 Å². The minimum atomic E-state index is -2.62. The van der Waals surface area contributed by atoms with Crippen LogP contribution in [0.15, 0.2) is 40.1 Å². The van der Waals surface area contributed by atoms with Crippen LogP contribution in [0.3, 0.4) is 0 Å². The molecular weight excluding hydrogens is 456 g/mol. The molecule has 1 amide bonds. The highest BCUT2D eigenvalue weighted by molar-refractivity contribution is 6.23. The van der Waals surface area contributed by atoms with E-state index in [1.807, 2.05) is 13.8 Å². The zero-order chi connectivity index (χ0) is 25.4. The number of rotatable bonds is 3. The molecule has 0 saturated carbocycles. The number of hydrogen-bond acceptors (Lipinski definition) is 9. The Bertz CT molecular complexity index is 1500. The lowest BCUT2D eigenvalue weighted by atomic mass is 9.64. The molecule has 2 atom stereocenters. The molecular formula is C25H22N2O8. The normalized spacial score (nSPS) is 22.0. The number of carbonyl (C=O) groups excluding carboxylic acids is 3. The molecule has 0 spiro atoms. The summed E-state index contributed by atoms with van der Waals surface area (Å²) in [7, 11) is 0. The molecule has 2 aliphatic carbocycles. The van der Waals surface area contributed by atoms with Crippen LogP contribution in [0.1, 0.15) is 47.8 Å². The summed E-state index contributed by atoms with van der Waals surface area (Å²) >= 11 is 0. The number of carbonyl (C=O) groups is 3. The highest BCUT2D eigenvalue weighted by Gasteiger charge is 2.57. The third-order valence-corrected chi connectivity index (χ3v) is 6.91. The van der Waals surface area contributed by atoms with Gasteiger partial charge in [0.1, 0.15) is 22.8 Å². The van der Waals surface area contributed by atoms with E-state index in [9.17, 15) is 34.8 Å². The first kappa shape index (κ1) is 22.6. The average Bonchev–Trinajstić information content (AvgIpc) is 3.26. The molecule has 2 aromatic carbocycles. The van der Waals surface area contributed by atoms with Crippen LogP contribution in [-0.4, -0.2) is 48.7 Å². The Balaban J connectivity index is 1.76. The summed E-state index contributed by atoms with van der Waals surface area (Å²) in [5.41, 5.74) is 2.91. The molecule has 2 aliphatic rings. The maximum atomic E-state index is 13.5. The maximum absolute atomic E-state index is 13.5. The summed E-state index contributed by atoms with van der Waals surface area (Å²) in [4.78, 5) is 37.6. The molecule has 35 heavy (non-hydrogen) atoms. The number of Topliss-reactive ketones (excluding diaryl/α,β-unsaturated/α-hetero) is 2. The topological polar surface area (TPSA) is 184 Å². The van der Waals surface area contributed by atoms with Crippen molar-refractivity contribution in [2.75, 3.05) is 0 Å². The lowest BCUT2D eigenvalue weighted by Gasteiger charge is -2.41. The molecule has 0 aliphatic heterocycles. The van der Waals surface area contributed by atoms with E-state index in [0.717, 1.165) is 0 Å². The number of phenolic OH excluding ortho intramolecular Hbond substituents is 2. The number of primary amides is 1. The van der Waals surface area contributed by atoms with Crippen molar-refractivity contribution >= 4 is 28.2 Å². The number of hydrogen-bond donors (Lipinski definition) is 5. The Morgan fingerprint density at radius 3 is 2.51 bits per heavy atom. The standard InChI is InChI=1S/C25H22N2O8/c1-9(2)14-8-17(35-27-14)12-3-4-15(28)19-13(12)6-10-5-11-7-16(29)20(24(26)33)23(32)25(11,34)22(31)18(10)21(19)30/h3-4,6,8-9,11,28,30,32,34H,5,7H2,1-2H3,(H2,26,33)/t11?,25-/m0/s1. The molecule has 0 bridgehead atoms. The third kappa shape index (κ3) is 2.99. The molecule has 1 heterocycles. The van der Waals surface area contributed by atoms with Gasteiger partial charge in [-0.25, -0.2) is 0 Å². The summed E-state index contributed by atoms with van der Waals surface area (Å²) in [6.45, 7) is 3.90. The van der Waals surface area contributed by atoms with Crippen molar-refractivity contribution in [1.29, 1.82) is 0 Å². The highest BCUT2D eigenvalue weighted by Crippen LogP contribution is 2.50. The zero-order valence-corrected chi connectivity index (χ0v) is 18.8. The van der Waals surface area contributed by atoms with E-state index < -0.39 is 52.5 Å². The van der Waals surface area contributed by atoms with Gasteiger partial charge in [0.15, 0.2) is 17.1 Å². The van der Waals surface area contributed by atoms with Crippen molar-refractivity contribution in [3.8, 4) is 22.8 Å². The summed E-state index contributed by atoms with van der Waals surface area (Å²) in [6.07, 6.45) is -0.485. The minimum absolute atomic E-state index is 0.0652. The number of aliphatic hydroxyl groups is 2. The van der Waals surface area contributed by atoms with Crippen LogP contribution < -0.4 is 5.73 Å². The second kappa shape index (κ2) is 7.41. The van der Waals surface area contributed by atoms with Gasteiger partial charge in [0.25, 0.3) is 5.91 Å². The number of fused-ring (bicyclic) bond motifs is 3. The second-order valence-electron chi connectivity index (χ2n) is 9.30. The summed E-state index contributed by atoms with van der Waals surface area (Å²) in [5, 5.41) is 47.9. The first-order valence-electron chi connectivity index (χ1n) is 11.0. The fraction of sp³-hybridized carbons (Fsp3) is 0.280. The van der Waals surface area contributed by atoms with Crippen LogP contribution in [0.2, 0.25) is 0 Å². The van der Waals surface area contributed by atoms with Gasteiger partial charge in [-0.15, -0.1) is 0 Å². The molecule has 1 aromatic heterocycles. The van der Waals surface area contributed by atoms with Crippen LogP contribution in [-0.2, 0) is 16.0 Å². The highest BCUT2D eigenvalue weighted by atomic mass is 16.5. The molecule has 0 saturated heterocycles. The Labute approximate surface area is 198 Å². The molecule has 10 heteroatoms. The molecule has 10 nitrogen and oxygen atoms in total. The minimum Gasteiger partial charge on any atom is -0.508 e. The van der Waals surface area contributed by atoms with E-state index in [2.05, 4.69) is 5.16 Å². The van der Waals surface area contributed by atoms with Crippen LogP contribution in [0.25, 0.3) is 22.1 Å². The Morgan fingerprint density at radius 2 is 1.89 bits per heavy atom. The fourth-order valence-electron chi connectivity index (χ4n) is 5.06. The number of aliphatic hydroxyl groups excluding tert-OH is 1. The van der Waals surface area contributed by atoms with E-state index >= 15 is 0 Å². The van der Waals surface area contributed by atoms with E-state index in [1.54, 1.807) is 18.2 Å². The van der Waals surface area contributed by atoms with Gasteiger partial charge < -0.3 is 30.7 Å². The van der Waals surface area contributed by atoms with Gasteiger partial charge in [0.05, 0.1) is 16.6 Å². The number of aromatic nitrogens is 1. The monoisotopic (exact) mass is 478 g/mol. The number of phenols is 2. The molecule has 180 valence electrons. The quantitative estimate of drug-likeness (QED) is 0.353. The Hall–Kier alpha value is -4.18. The lowest BCUT2D eigenvalue weighted by molar-refractivity contribution is -0.125. The van der Waals surface area contributed by atoms with Crippen molar-refractivity contribution in [2.24, 2.45) is 11.7 Å². The zero-order valence-electron chi connectivity index (χ0n) is 18.8. The maximum Gasteiger partial charge on any atom is 0.255 e. The van der Waals surface area contributed by atoms with Gasteiger partial charge in [-0.2, -0.15) is 0 Å². The number of benzene rings is 2. The van der Waals surface area contributed by atoms with E-state index in [4.69, 9.17) is 10.3 Å². The van der Waals surface area contributed by atoms with E-state index in [-0.39, 0.29) is 29.0 Å². The van der Waals surface area contributed by atoms with Crippen molar-refractivity contribution in [2.45, 2.75) is 38.2 Å². The number of nitrogens with zero attached hydrogens (tertiary/aromatic N) is 1. The van der Waals surface area contributed by atoms with E-state index in [1.165, 1.54) is 6.07 Å². The van der Waals surface area contributed by atoms with Gasteiger partial charge in [0.2, 0.25) is 5.78 Å². The predicted octanol–water partition coefficient (Wildman–Crippen LogP) is 2.39. The smallest absolute Gasteiger partial charge is 0.255 e. The summed E-state index contributed by atoms with van der Waals surface area (Å²) in [5.74, 6) is -5.82. The Morgan fingerprint density at radius 1 is 1.17 bits per heavy atom. The van der Waals surface area contributed by atoms with Crippen molar-refractivity contribution < 1.29 is 39.3 Å². The number of aromatic hydroxyl groups is 2. The fourth-order valence-corrected chi connectivity index (χ4v) is 5.06.